The van der Waals surface area contributed by atoms with Crippen molar-refractivity contribution >= 4 is 12.0 Å². The van der Waals surface area contributed by atoms with Gasteiger partial charge in [-0.05, 0) is 26.2 Å². The Hall–Kier alpha value is -1.30. The number of aliphatic carboxylic acids is 1. The van der Waals surface area contributed by atoms with Crippen LogP contribution < -0.4 is 5.32 Å². The van der Waals surface area contributed by atoms with Crippen LogP contribution in [0, 0.1) is 5.41 Å². The summed E-state index contributed by atoms with van der Waals surface area (Å²) >= 11 is 0. The molecule has 0 aromatic heterocycles. The Kier molecular flexibility index (Phi) is 5.60. The number of nitrogens with zero attached hydrogens (tertiary/aromatic N) is 1. The molecule has 1 atom stereocenters. The minimum Gasteiger partial charge on any atom is -0.481 e. The zero-order valence-electron chi connectivity index (χ0n) is 11.9. The highest BCUT2D eigenvalue weighted by Gasteiger charge is 2.40. The van der Waals surface area contributed by atoms with E-state index >= 15 is 0 Å². The predicted molar refractivity (Wildman–Crippen MR) is 71.0 cm³/mol. The first-order valence-electron chi connectivity index (χ1n) is 6.74. The standard InChI is InChI=1S/C13H24N2O4/c1-4-13(11(16)17)5-7-15(8-6-13)12(18)14-9-10(2)19-3/h10H,4-9H2,1-3H3,(H,14,18)(H,16,17). The van der Waals surface area contributed by atoms with Gasteiger partial charge in [-0.3, -0.25) is 4.79 Å². The molecule has 0 aromatic carbocycles. The van der Waals surface area contributed by atoms with Crippen LogP contribution in [0.5, 0.6) is 0 Å². The van der Waals surface area contributed by atoms with E-state index in [1.807, 2.05) is 13.8 Å². The van der Waals surface area contributed by atoms with E-state index in [0.29, 0.717) is 38.9 Å². The van der Waals surface area contributed by atoms with Gasteiger partial charge in [0.05, 0.1) is 11.5 Å². The number of hydrogen-bond donors (Lipinski definition) is 2. The highest BCUT2D eigenvalue weighted by Crippen LogP contribution is 2.35. The molecule has 110 valence electrons. The molecule has 0 radical (unpaired) electrons. The van der Waals surface area contributed by atoms with Crippen molar-refractivity contribution in [2.45, 2.75) is 39.2 Å². The van der Waals surface area contributed by atoms with Gasteiger partial charge in [0.2, 0.25) is 0 Å². The van der Waals surface area contributed by atoms with Crippen LogP contribution in [0.4, 0.5) is 4.79 Å². The summed E-state index contributed by atoms with van der Waals surface area (Å²) in [7, 11) is 1.60. The first kappa shape index (κ1) is 15.8. The number of rotatable bonds is 5. The van der Waals surface area contributed by atoms with Gasteiger partial charge in [-0.1, -0.05) is 6.92 Å². The Labute approximate surface area is 114 Å². The number of carbonyl (C=O) groups excluding carboxylic acids is 1. The van der Waals surface area contributed by atoms with Crippen LogP contribution in [-0.2, 0) is 9.53 Å². The number of ether oxygens (including phenoxy) is 1. The molecule has 0 aliphatic carbocycles. The topological polar surface area (TPSA) is 78.9 Å². The second-order valence-corrected chi connectivity index (χ2v) is 5.16. The molecule has 0 bridgehead atoms. The molecular weight excluding hydrogens is 248 g/mol. The minimum atomic E-state index is -0.747. The quantitative estimate of drug-likeness (QED) is 0.791. The average molecular weight is 272 g/mol. The third-order valence-electron chi connectivity index (χ3n) is 4.08. The summed E-state index contributed by atoms with van der Waals surface area (Å²) in [5.41, 5.74) is -0.656. The smallest absolute Gasteiger partial charge is 0.317 e. The normalized spacial score (nSPS) is 19.8. The fraction of sp³-hybridized carbons (Fsp3) is 0.846. The molecule has 0 spiro atoms. The van der Waals surface area contributed by atoms with E-state index in [2.05, 4.69) is 5.32 Å². The lowest BCUT2D eigenvalue weighted by Gasteiger charge is -2.38. The fourth-order valence-corrected chi connectivity index (χ4v) is 2.28. The monoisotopic (exact) mass is 272 g/mol. The van der Waals surface area contributed by atoms with Crippen molar-refractivity contribution in [3.05, 3.63) is 0 Å². The molecule has 1 heterocycles. The minimum absolute atomic E-state index is 0.0255. The fourth-order valence-electron chi connectivity index (χ4n) is 2.28. The number of likely N-dealkylation sites (tertiary alicyclic amines) is 1. The summed E-state index contributed by atoms with van der Waals surface area (Å²) in [6, 6.07) is -0.140. The first-order valence-corrected chi connectivity index (χ1v) is 6.74. The van der Waals surface area contributed by atoms with Gasteiger partial charge in [0.25, 0.3) is 0 Å². The second kappa shape index (κ2) is 6.75. The maximum Gasteiger partial charge on any atom is 0.317 e. The molecule has 1 fully saturated rings. The third-order valence-corrected chi connectivity index (χ3v) is 4.08. The predicted octanol–water partition coefficient (Wildman–Crippen LogP) is 1.31. The third kappa shape index (κ3) is 3.83. The van der Waals surface area contributed by atoms with Gasteiger partial charge in [0.15, 0.2) is 0 Å². The molecule has 0 aromatic rings. The van der Waals surface area contributed by atoms with Gasteiger partial charge >= 0.3 is 12.0 Å². The summed E-state index contributed by atoms with van der Waals surface area (Å²) in [5.74, 6) is -0.747. The maximum absolute atomic E-state index is 11.9. The maximum atomic E-state index is 11.9. The van der Waals surface area contributed by atoms with Gasteiger partial charge in [-0.2, -0.15) is 0 Å². The lowest BCUT2D eigenvalue weighted by molar-refractivity contribution is -0.151. The molecule has 1 rings (SSSR count). The SMILES string of the molecule is CCC1(C(=O)O)CCN(C(=O)NCC(C)OC)CC1. The van der Waals surface area contributed by atoms with Crippen LogP contribution >= 0.6 is 0 Å². The van der Waals surface area contributed by atoms with Crippen LogP contribution in [0.25, 0.3) is 0 Å². The molecular formula is C13H24N2O4. The molecule has 1 aliphatic heterocycles. The van der Waals surface area contributed by atoms with Crippen LogP contribution in [0.3, 0.4) is 0 Å². The Morgan fingerprint density at radius 3 is 2.42 bits per heavy atom. The lowest BCUT2D eigenvalue weighted by Crippen LogP contribution is -2.50. The van der Waals surface area contributed by atoms with E-state index in [1.54, 1.807) is 12.0 Å². The van der Waals surface area contributed by atoms with Gasteiger partial charge in [-0.15, -0.1) is 0 Å². The zero-order valence-corrected chi connectivity index (χ0v) is 11.9. The number of carboxylic acid groups (broad SMARTS) is 1. The Morgan fingerprint density at radius 2 is 2.00 bits per heavy atom. The number of piperidine rings is 1. The van der Waals surface area contributed by atoms with Gasteiger partial charge < -0.3 is 20.1 Å². The highest BCUT2D eigenvalue weighted by atomic mass is 16.5. The zero-order chi connectivity index (χ0) is 14.5. The summed E-state index contributed by atoms with van der Waals surface area (Å²) < 4.78 is 5.06. The number of carbonyl (C=O) groups is 2. The van der Waals surface area contributed by atoms with Gasteiger partial charge in [0, 0.05) is 26.7 Å². The largest absolute Gasteiger partial charge is 0.481 e. The molecule has 0 saturated carbocycles. The number of amides is 2. The Morgan fingerprint density at radius 1 is 1.42 bits per heavy atom. The lowest BCUT2D eigenvalue weighted by atomic mass is 9.76. The van der Waals surface area contributed by atoms with Crippen LogP contribution in [-0.4, -0.2) is 54.9 Å². The summed E-state index contributed by atoms with van der Waals surface area (Å²) in [4.78, 5) is 24.9. The summed E-state index contributed by atoms with van der Waals surface area (Å²) in [5, 5.41) is 12.1. The van der Waals surface area contributed by atoms with Gasteiger partial charge in [0.1, 0.15) is 0 Å². The van der Waals surface area contributed by atoms with E-state index in [9.17, 15) is 14.7 Å². The summed E-state index contributed by atoms with van der Waals surface area (Å²) in [6.07, 6.45) is 1.62. The van der Waals surface area contributed by atoms with E-state index in [-0.39, 0.29) is 12.1 Å². The molecule has 19 heavy (non-hydrogen) atoms. The van der Waals surface area contributed by atoms with Crippen molar-refractivity contribution in [1.29, 1.82) is 0 Å². The van der Waals surface area contributed by atoms with Gasteiger partial charge in [-0.25, -0.2) is 4.79 Å². The highest BCUT2D eigenvalue weighted by molar-refractivity contribution is 5.77. The van der Waals surface area contributed by atoms with E-state index < -0.39 is 11.4 Å². The van der Waals surface area contributed by atoms with Crippen molar-refractivity contribution in [2.75, 3.05) is 26.7 Å². The number of hydrogen-bond acceptors (Lipinski definition) is 3. The van der Waals surface area contributed by atoms with Crippen LogP contribution in [0.2, 0.25) is 0 Å². The molecule has 1 saturated heterocycles. The first-order chi connectivity index (χ1) is 8.95. The van der Waals surface area contributed by atoms with Crippen molar-refractivity contribution in [2.24, 2.45) is 5.41 Å². The van der Waals surface area contributed by atoms with Crippen LogP contribution in [0.15, 0.2) is 0 Å². The number of methoxy groups -OCH3 is 1. The van der Waals surface area contributed by atoms with Crippen molar-refractivity contribution in [1.82, 2.24) is 10.2 Å². The number of nitrogens with one attached hydrogen (secondary N) is 1. The number of urea groups is 1. The second-order valence-electron chi connectivity index (χ2n) is 5.16. The molecule has 1 unspecified atom stereocenters. The molecule has 2 N–H and O–H groups in total. The Bertz CT molecular complexity index is 325. The van der Waals surface area contributed by atoms with Crippen molar-refractivity contribution < 1.29 is 19.4 Å². The molecule has 6 heteroatoms. The molecule has 1 aliphatic rings. The summed E-state index contributed by atoms with van der Waals surface area (Å²) in [6.45, 7) is 5.22. The van der Waals surface area contributed by atoms with E-state index in [1.165, 1.54) is 0 Å². The average Bonchev–Trinajstić information content (AvgIpc) is 2.44. The molecule has 6 nitrogen and oxygen atoms in total. The number of carboxylic acids is 1. The van der Waals surface area contributed by atoms with Crippen molar-refractivity contribution in [3.8, 4) is 0 Å². The van der Waals surface area contributed by atoms with Crippen molar-refractivity contribution in [3.63, 3.8) is 0 Å². The Balaban J connectivity index is 2.45. The van der Waals surface area contributed by atoms with E-state index in [4.69, 9.17) is 4.74 Å². The molecule has 2 amide bonds. The van der Waals surface area contributed by atoms with Crippen LogP contribution in [0.1, 0.15) is 33.1 Å². The van der Waals surface area contributed by atoms with E-state index in [0.717, 1.165) is 0 Å².